The molecule has 2 N–H and O–H groups in total. The summed E-state index contributed by atoms with van der Waals surface area (Å²) in [7, 11) is 5.19. The van der Waals surface area contributed by atoms with Gasteiger partial charge in [0.05, 0.1) is 27.8 Å². The van der Waals surface area contributed by atoms with Crippen molar-refractivity contribution in [1.82, 2.24) is 10.2 Å². The Hall–Kier alpha value is -2.28. The average molecular weight is 336 g/mol. The number of carbonyl (C=O) groups excluding carboxylic acids is 2. The highest BCUT2D eigenvalue weighted by Crippen LogP contribution is 2.27. The van der Waals surface area contributed by atoms with Gasteiger partial charge in [0.25, 0.3) is 5.91 Å². The van der Waals surface area contributed by atoms with E-state index in [9.17, 15) is 9.59 Å². The number of quaternary nitrogens is 1. The molecule has 7 heteroatoms. The molecule has 24 heavy (non-hydrogen) atoms. The fourth-order valence-corrected chi connectivity index (χ4v) is 2.72. The molecule has 1 aliphatic rings. The van der Waals surface area contributed by atoms with E-state index in [2.05, 4.69) is 5.32 Å². The van der Waals surface area contributed by atoms with Gasteiger partial charge >= 0.3 is 6.03 Å². The Morgan fingerprint density at radius 2 is 2.04 bits per heavy atom. The Balaban J connectivity index is 1.93. The summed E-state index contributed by atoms with van der Waals surface area (Å²) in [5.41, 5.74) is 1.12. The van der Waals surface area contributed by atoms with Gasteiger partial charge in [-0.3, -0.25) is 9.69 Å². The highest BCUT2D eigenvalue weighted by Gasteiger charge is 2.33. The van der Waals surface area contributed by atoms with Gasteiger partial charge < -0.3 is 19.7 Å². The predicted octanol–water partition coefficient (Wildman–Crippen LogP) is -0.299. The van der Waals surface area contributed by atoms with Crippen molar-refractivity contribution in [2.24, 2.45) is 0 Å². The van der Waals surface area contributed by atoms with Crippen LogP contribution in [0.5, 0.6) is 11.5 Å². The summed E-state index contributed by atoms with van der Waals surface area (Å²) in [6.45, 7) is 3.61. The Morgan fingerprint density at radius 1 is 1.33 bits per heavy atom. The molecular formula is C17H26N3O4+. The minimum atomic E-state index is -0.292. The van der Waals surface area contributed by atoms with Gasteiger partial charge in [0.2, 0.25) is 0 Å². The largest absolute Gasteiger partial charge is 0.493 e. The third kappa shape index (κ3) is 3.97. The number of nitrogens with one attached hydrogen (secondary N) is 2. The van der Waals surface area contributed by atoms with E-state index in [-0.39, 0.29) is 18.0 Å². The quantitative estimate of drug-likeness (QED) is 0.717. The van der Waals surface area contributed by atoms with Gasteiger partial charge in [-0.1, -0.05) is 6.07 Å². The summed E-state index contributed by atoms with van der Waals surface area (Å²) in [6.07, 6.45) is 0.802. The van der Waals surface area contributed by atoms with Gasteiger partial charge in [0.15, 0.2) is 17.5 Å². The molecule has 0 radical (unpaired) electrons. The van der Waals surface area contributed by atoms with Crippen molar-refractivity contribution in [2.45, 2.75) is 19.4 Å². The molecule has 7 nitrogen and oxygen atoms in total. The monoisotopic (exact) mass is 336 g/mol. The summed E-state index contributed by atoms with van der Waals surface area (Å²) in [6, 6.07) is 5.27. The number of carbonyl (C=O) groups is 2. The highest BCUT2D eigenvalue weighted by molar-refractivity contribution is 5.97. The minimum Gasteiger partial charge on any atom is -0.493 e. The molecule has 0 bridgehead atoms. The van der Waals surface area contributed by atoms with E-state index in [1.54, 1.807) is 14.2 Å². The molecule has 1 aliphatic heterocycles. The standard InChI is InChI=1S/C17H25N3O4/c1-12(16(21)20-10-8-18-17(20)22)19(2)9-7-13-5-6-14(23-3)15(11-13)24-4/h5-6,11-12H,7-10H2,1-4H3,(H,18,22)/p+1/t12-/m1/s1. The molecule has 132 valence electrons. The fraction of sp³-hybridized carbons (Fsp3) is 0.529. The number of imide groups is 1. The van der Waals surface area contributed by atoms with E-state index in [1.807, 2.05) is 32.2 Å². The van der Waals surface area contributed by atoms with Crippen LogP contribution in [0.1, 0.15) is 12.5 Å². The molecule has 2 atom stereocenters. The number of likely N-dealkylation sites (N-methyl/N-ethyl adjacent to an activating group) is 1. The molecule has 3 amide bonds. The summed E-state index contributed by atoms with van der Waals surface area (Å²) in [5.74, 6) is 1.27. The smallest absolute Gasteiger partial charge is 0.324 e. The van der Waals surface area contributed by atoms with E-state index < -0.39 is 0 Å². The van der Waals surface area contributed by atoms with Crippen LogP contribution in [0.2, 0.25) is 0 Å². The van der Waals surface area contributed by atoms with Crippen molar-refractivity contribution in [1.29, 1.82) is 0 Å². The molecule has 1 saturated heterocycles. The third-order valence-electron chi connectivity index (χ3n) is 4.49. The molecule has 0 spiro atoms. The lowest BCUT2D eigenvalue weighted by Gasteiger charge is -2.24. The second-order valence-electron chi connectivity index (χ2n) is 5.98. The SMILES string of the molecule is COc1ccc(CC[NH+](C)[C@H](C)C(=O)N2CCNC2=O)cc1OC. The molecule has 1 heterocycles. The van der Waals surface area contributed by atoms with Crippen LogP contribution in [0.3, 0.4) is 0 Å². The molecule has 0 aliphatic carbocycles. The first kappa shape index (κ1) is 18.1. The molecule has 0 saturated carbocycles. The zero-order valence-corrected chi connectivity index (χ0v) is 14.7. The van der Waals surface area contributed by atoms with Crippen LogP contribution in [0.15, 0.2) is 18.2 Å². The highest BCUT2D eigenvalue weighted by atomic mass is 16.5. The van der Waals surface area contributed by atoms with E-state index in [1.165, 1.54) is 4.90 Å². The average Bonchev–Trinajstić information content (AvgIpc) is 3.03. The Bertz CT molecular complexity index is 605. The number of urea groups is 1. The summed E-state index contributed by atoms with van der Waals surface area (Å²) < 4.78 is 10.5. The second kappa shape index (κ2) is 8.01. The Labute approximate surface area is 142 Å². The van der Waals surface area contributed by atoms with E-state index >= 15 is 0 Å². The summed E-state index contributed by atoms with van der Waals surface area (Å²) >= 11 is 0. The first-order valence-electron chi connectivity index (χ1n) is 8.10. The first-order chi connectivity index (χ1) is 11.5. The fourth-order valence-electron chi connectivity index (χ4n) is 2.72. The Morgan fingerprint density at radius 3 is 2.62 bits per heavy atom. The number of methoxy groups -OCH3 is 2. The van der Waals surface area contributed by atoms with Crippen molar-refractivity contribution in [3.8, 4) is 11.5 Å². The van der Waals surface area contributed by atoms with Crippen LogP contribution in [0, 0.1) is 0 Å². The number of amides is 3. The number of hydrogen-bond donors (Lipinski definition) is 2. The van der Waals surface area contributed by atoms with Gasteiger partial charge in [-0.2, -0.15) is 0 Å². The molecule has 1 aromatic rings. The zero-order valence-electron chi connectivity index (χ0n) is 14.7. The topological polar surface area (TPSA) is 72.3 Å². The molecule has 1 unspecified atom stereocenters. The normalized spacial score (nSPS) is 16.5. The van der Waals surface area contributed by atoms with Gasteiger partial charge in [-0.25, -0.2) is 4.79 Å². The van der Waals surface area contributed by atoms with Gasteiger partial charge in [0, 0.05) is 19.5 Å². The summed E-state index contributed by atoms with van der Waals surface area (Å²) in [4.78, 5) is 26.4. The van der Waals surface area contributed by atoms with Gasteiger partial charge in [-0.05, 0) is 24.6 Å². The van der Waals surface area contributed by atoms with Crippen molar-refractivity contribution in [3.05, 3.63) is 23.8 Å². The van der Waals surface area contributed by atoms with Gasteiger partial charge in [-0.15, -0.1) is 0 Å². The zero-order chi connectivity index (χ0) is 17.7. The lowest BCUT2D eigenvalue weighted by molar-refractivity contribution is -0.894. The maximum absolute atomic E-state index is 12.4. The second-order valence-corrected chi connectivity index (χ2v) is 5.98. The maximum Gasteiger partial charge on any atom is 0.324 e. The number of benzene rings is 1. The number of ether oxygens (including phenoxy) is 2. The molecule has 0 aromatic heterocycles. The van der Waals surface area contributed by atoms with Crippen LogP contribution in [-0.2, 0) is 11.2 Å². The van der Waals surface area contributed by atoms with Crippen molar-refractivity contribution in [3.63, 3.8) is 0 Å². The van der Waals surface area contributed by atoms with Crippen LogP contribution in [0.4, 0.5) is 4.79 Å². The molecule has 1 fully saturated rings. The van der Waals surface area contributed by atoms with Crippen molar-refractivity contribution < 1.29 is 24.0 Å². The van der Waals surface area contributed by atoms with Crippen molar-refractivity contribution in [2.75, 3.05) is 40.9 Å². The van der Waals surface area contributed by atoms with E-state index in [0.717, 1.165) is 23.4 Å². The lowest BCUT2D eigenvalue weighted by Crippen LogP contribution is -3.14. The number of hydrogen-bond acceptors (Lipinski definition) is 4. The molecule has 1 aromatic carbocycles. The Kier molecular flexibility index (Phi) is 6.03. The van der Waals surface area contributed by atoms with Crippen LogP contribution in [-0.4, -0.2) is 63.8 Å². The lowest BCUT2D eigenvalue weighted by atomic mass is 10.1. The predicted molar refractivity (Wildman–Crippen MR) is 89.6 cm³/mol. The van der Waals surface area contributed by atoms with Crippen molar-refractivity contribution >= 4 is 11.9 Å². The van der Waals surface area contributed by atoms with Crippen LogP contribution >= 0.6 is 0 Å². The van der Waals surface area contributed by atoms with Crippen LogP contribution in [0.25, 0.3) is 0 Å². The third-order valence-corrected chi connectivity index (χ3v) is 4.49. The van der Waals surface area contributed by atoms with Gasteiger partial charge in [0.1, 0.15) is 0 Å². The molecule has 2 rings (SSSR count). The summed E-state index contributed by atoms with van der Waals surface area (Å²) in [5, 5.41) is 2.66. The van der Waals surface area contributed by atoms with E-state index in [0.29, 0.717) is 24.6 Å². The van der Waals surface area contributed by atoms with E-state index in [4.69, 9.17) is 9.47 Å². The van der Waals surface area contributed by atoms with Crippen LogP contribution < -0.4 is 19.7 Å². The maximum atomic E-state index is 12.4. The number of rotatable bonds is 7. The minimum absolute atomic E-state index is 0.130. The first-order valence-corrected chi connectivity index (χ1v) is 8.10. The number of nitrogens with zero attached hydrogens (tertiary/aromatic N) is 1. The molecular weight excluding hydrogens is 310 g/mol.